The van der Waals surface area contributed by atoms with Crippen molar-refractivity contribution in [3.05, 3.63) is 65.7 Å². The first-order chi connectivity index (χ1) is 18.7. The van der Waals surface area contributed by atoms with Crippen LogP contribution in [-0.2, 0) is 33.2 Å². The van der Waals surface area contributed by atoms with Gasteiger partial charge in [0, 0.05) is 37.1 Å². The molecule has 40 heavy (non-hydrogen) atoms. The van der Waals surface area contributed by atoms with Crippen LogP contribution in [0.3, 0.4) is 0 Å². The molecule has 1 saturated heterocycles. The Morgan fingerprint density at radius 1 is 1.15 bits per heavy atom. The number of halogens is 5. The average Bonchev–Trinajstić information content (AvgIpc) is 3.42. The summed E-state index contributed by atoms with van der Waals surface area (Å²) in [6.45, 7) is 2.10. The number of nitrogens with zero attached hydrogens (tertiary/aromatic N) is 3. The number of aryl methyl sites for hydroxylation is 1. The maximum Gasteiger partial charge on any atom is 0.416 e. The van der Waals surface area contributed by atoms with Crippen molar-refractivity contribution in [3.63, 3.8) is 0 Å². The van der Waals surface area contributed by atoms with Gasteiger partial charge in [-0.2, -0.15) is 31.0 Å². The molecule has 216 valence electrons. The monoisotopic (exact) mass is 586 g/mol. The van der Waals surface area contributed by atoms with Gasteiger partial charge in [-0.1, -0.05) is 18.2 Å². The molecule has 1 atom stereocenters. The number of alkyl halides is 5. The second-order valence-electron chi connectivity index (χ2n) is 10.0. The summed E-state index contributed by atoms with van der Waals surface area (Å²) >= 11 is 0. The van der Waals surface area contributed by atoms with Gasteiger partial charge in [-0.15, -0.1) is 0 Å². The Bertz CT molecular complexity index is 1490. The predicted octanol–water partition coefficient (Wildman–Crippen LogP) is 5.30. The quantitative estimate of drug-likeness (QED) is 0.361. The molecule has 2 heterocycles. The summed E-state index contributed by atoms with van der Waals surface area (Å²) < 4.78 is 106. The third kappa shape index (κ3) is 5.45. The first-order valence-corrected chi connectivity index (χ1v) is 14.0. The zero-order chi connectivity index (χ0) is 28.9. The Kier molecular flexibility index (Phi) is 7.18. The van der Waals surface area contributed by atoms with E-state index in [4.69, 9.17) is 14.6 Å². The summed E-state index contributed by atoms with van der Waals surface area (Å²) in [5.41, 5.74) is -0.515. The molecular formula is C26H27F5N4O4S. The highest BCUT2D eigenvalue weighted by atomic mass is 32.2. The van der Waals surface area contributed by atoms with E-state index in [0.29, 0.717) is 23.4 Å². The maximum atomic E-state index is 14.1. The van der Waals surface area contributed by atoms with Crippen LogP contribution in [0.25, 0.3) is 11.3 Å². The van der Waals surface area contributed by atoms with E-state index in [1.165, 1.54) is 16.8 Å². The summed E-state index contributed by atoms with van der Waals surface area (Å²) in [5.74, 6) is -2.52. The molecule has 1 aliphatic carbocycles. The molecule has 3 aromatic rings. The highest BCUT2D eigenvalue weighted by Gasteiger charge is 2.56. The number of ether oxygens (including phenoxy) is 2. The van der Waals surface area contributed by atoms with E-state index in [1.54, 1.807) is 30.3 Å². The summed E-state index contributed by atoms with van der Waals surface area (Å²) in [6, 6.07) is 11.7. The van der Waals surface area contributed by atoms with E-state index < -0.39 is 52.3 Å². The van der Waals surface area contributed by atoms with E-state index in [2.05, 4.69) is 5.10 Å². The minimum absolute atomic E-state index is 0.0313. The minimum Gasteiger partial charge on any atom is -0.439 e. The molecular weight excluding hydrogens is 559 g/mol. The first-order valence-electron chi connectivity index (χ1n) is 12.5. The second-order valence-corrected chi connectivity index (χ2v) is 11.4. The van der Waals surface area contributed by atoms with Crippen LogP contribution in [0.2, 0.25) is 0 Å². The molecule has 8 nitrogen and oxygen atoms in total. The van der Waals surface area contributed by atoms with Gasteiger partial charge in [0.1, 0.15) is 11.3 Å². The summed E-state index contributed by atoms with van der Waals surface area (Å²) in [4.78, 5) is 0. The number of nitrogens with two attached hydrogens (primary N) is 1. The van der Waals surface area contributed by atoms with Gasteiger partial charge in [-0.05, 0) is 49.2 Å². The number of hydrogen-bond donors (Lipinski definition) is 1. The fourth-order valence-electron chi connectivity index (χ4n) is 5.29. The zero-order valence-corrected chi connectivity index (χ0v) is 22.2. The molecule has 1 aromatic heterocycles. The number of hydrogen-bond acceptors (Lipinski definition) is 5. The molecule has 0 spiro atoms. The van der Waals surface area contributed by atoms with Crippen LogP contribution < -0.4 is 9.88 Å². The molecule has 2 aliphatic rings. The number of benzene rings is 2. The van der Waals surface area contributed by atoms with Crippen molar-refractivity contribution in [3.8, 4) is 22.9 Å². The SMILES string of the molecule is CCn1nc(-c2cccc(C3(N(C4CCC(F)(F)C4)S(N)(=O)=O)COC3)c2)cc1Oc1ccc(C(F)(F)F)cc1. The maximum absolute atomic E-state index is 14.1. The van der Waals surface area contributed by atoms with Crippen LogP contribution in [0.15, 0.2) is 54.6 Å². The summed E-state index contributed by atoms with van der Waals surface area (Å²) in [6.07, 6.45) is -5.56. The van der Waals surface area contributed by atoms with E-state index in [1.807, 2.05) is 6.92 Å². The lowest BCUT2D eigenvalue weighted by Crippen LogP contribution is -2.65. The van der Waals surface area contributed by atoms with Crippen molar-refractivity contribution in [1.82, 2.24) is 14.1 Å². The van der Waals surface area contributed by atoms with Crippen LogP contribution in [0.1, 0.15) is 37.3 Å². The van der Waals surface area contributed by atoms with Gasteiger partial charge in [-0.3, -0.25) is 0 Å². The normalized spacial score (nSPS) is 20.4. The van der Waals surface area contributed by atoms with E-state index in [0.717, 1.165) is 16.4 Å². The molecule has 2 aromatic carbocycles. The van der Waals surface area contributed by atoms with Gasteiger partial charge in [0.05, 0.1) is 24.5 Å². The molecule has 0 bridgehead atoms. The summed E-state index contributed by atoms with van der Waals surface area (Å²) in [7, 11) is -4.39. The molecule has 1 saturated carbocycles. The Morgan fingerprint density at radius 2 is 1.85 bits per heavy atom. The van der Waals surface area contributed by atoms with Gasteiger partial charge >= 0.3 is 6.18 Å². The lowest BCUT2D eigenvalue weighted by atomic mass is 9.85. The van der Waals surface area contributed by atoms with Crippen LogP contribution in [0.4, 0.5) is 22.0 Å². The minimum atomic E-state index is -4.47. The molecule has 5 rings (SSSR count). The number of rotatable bonds is 8. The van der Waals surface area contributed by atoms with Gasteiger partial charge in [0.15, 0.2) is 0 Å². The Balaban J connectivity index is 1.46. The van der Waals surface area contributed by atoms with Gasteiger partial charge in [0.2, 0.25) is 11.8 Å². The molecule has 2 N–H and O–H groups in total. The van der Waals surface area contributed by atoms with Crippen LogP contribution >= 0.6 is 0 Å². The van der Waals surface area contributed by atoms with E-state index in [9.17, 15) is 30.4 Å². The lowest BCUT2D eigenvalue weighted by Gasteiger charge is -2.50. The van der Waals surface area contributed by atoms with Crippen LogP contribution in [0.5, 0.6) is 11.6 Å². The zero-order valence-electron chi connectivity index (χ0n) is 21.4. The Morgan fingerprint density at radius 3 is 2.38 bits per heavy atom. The topological polar surface area (TPSA) is 99.7 Å². The largest absolute Gasteiger partial charge is 0.439 e. The summed E-state index contributed by atoms with van der Waals surface area (Å²) in [5, 5.41) is 10.1. The highest BCUT2D eigenvalue weighted by Crippen LogP contribution is 2.46. The molecule has 0 amide bonds. The molecule has 2 fully saturated rings. The van der Waals surface area contributed by atoms with Crippen molar-refractivity contribution in [2.45, 2.75) is 56.4 Å². The Hall–Kier alpha value is -3.07. The van der Waals surface area contributed by atoms with Crippen LogP contribution in [-0.4, -0.2) is 47.7 Å². The molecule has 14 heteroatoms. The van der Waals surface area contributed by atoms with Crippen molar-refractivity contribution >= 4 is 10.2 Å². The standard InChI is InChI=1S/C26H27F5N4O4S/c1-2-34-23(39-21-8-6-18(7-9-21)26(29,30)31)13-22(33-34)17-4-3-5-19(12-17)24(15-38-16-24)35(40(32,36)37)20-10-11-25(27,28)14-20/h3-9,12-13,20H,2,10-11,14-16H2,1H3,(H2,32,36,37). The molecule has 1 aliphatic heterocycles. The number of aromatic nitrogens is 2. The van der Waals surface area contributed by atoms with E-state index >= 15 is 0 Å². The fourth-order valence-corrected chi connectivity index (χ4v) is 6.59. The average molecular weight is 587 g/mol. The van der Waals surface area contributed by atoms with Crippen molar-refractivity contribution in [1.29, 1.82) is 0 Å². The second kappa shape index (κ2) is 10.1. The Labute approximate surface area is 227 Å². The highest BCUT2D eigenvalue weighted by molar-refractivity contribution is 7.86. The fraction of sp³-hybridized carbons (Fsp3) is 0.423. The molecule has 0 radical (unpaired) electrons. The van der Waals surface area contributed by atoms with Crippen molar-refractivity contribution in [2.75, 3.05) is 13.2 Å². The van der Waals surface area contributed by atoms with Gasteiger partial charge in [-0.25, -0.2) is 18.6 Å². The van der Waals surface area contributed by atoms with Crippen molar-refractivity contribution in [2.24, 2.45) is 5.14 Å². The third-order valence-electron chi connectivity index (χ3n) is 7.23. The van der Waals surface area contributed by atoms with Crippen LogP contribution in [0, 0.1) is 0 Å². The lowest BCUT2D eigenvalue weighted by molar-refractivity contribution is -0.137. The smallest absolute Gasteiger partial charge is 0.416 e. The van der Waals surface area contributed by atoms with Gasteiger partial charge in [0.25, 0.3) is 10.2 Å². The van der Waals surface area contributed by atoms with Crippen molar-refractivity contribution < 1.29 is 39.8 Å². The first kappa shape index (κ1) is 28.5. The predicted molar refractivity (Wildman–Crippen MR) is 135 cm³/mol. The van der Waals surface area contributed by atoms with E-state index in [-0.39, 0.29) is 31.3 Å². The third-order valence-corrected chi connectivity index (χ3v) is 8.43. The molecule has 1 unspecified atom stereocenters. The van der Waals surface area contributed by atoms with Gasteiger partial charge < -0.3 is 9.47 Å².